The fourth-order valence-electron chi connectivity index (χ4n) is 3.62. The van der Waals surface area contributed by atoms with E-state index < -0.39 is 20.6 Å². The smallest absolute Gasteiger partial charge is 0.328 e. The van der Waals surface area contributed by atoms with E-state index in [0.717, 1.165) is 6.42 Å². The highest BCUT2D eigenvalue weighted by Gasteiger charge is 2.64. The van der Waals surface area contributed by atoms with Crippen molar-refractivity contribution in [3.63, 3.8) is 0 Å². The van der Waals surface area contributed by atoms with Crippen molar-refractivity contribution in [2.75, 3.05) is 0 Å². The molecule has 4 nitrogen and oxygen atoms in total. The number of fused-ring (bicyclic) bond motifs is 1. The predicted octanol–water partition coefficient (Wildman–Crippen LogP) is 2.89. The number of hydrogen-bond donors (Lipinski definition) is 0. The van der Waals surface area contributed by atoms with Gasteiger partial charge in [-0.1, -0.05) is 43.7 Å². The van der Waals surface area contributed by atoms with Crippen molar-refractivity contribution in [1.82, 2.24) is 0 Å². The first-order valence-corrected chi connectivity index (χ1v) is 9.18. The minimum atomic E-state index is -3.79. The molecule has 22 heavy (non-hydrogen) atoms. The third kappa shape index (κ3) is 2.02. The highest BCUT2D eigenvalue weighted by molar-refractivity contribution is 7.93. The van der Waals surface area contributed by atoms with Gasteiger partial charge in [0.25, 0.3) is 0 Å². The molecule has 0 spiro atoms. The molecule has 5 heteroatoms. The fraction of sp³-hybridized carbons (Fsp3) is 0.471. The monoisotopic (exact) mass is 320 g/mol. The highest BCUT2D eigenvalue weighted by atomic mass is 32.2. The molecule has 3 atom stereocenters. The molecule has 0 bridgehead atoms. The number of carbonyl (C=O) groups is 1. The van der Waals surface area contributed by atoms with Crippen LogP contribution in [0.15, 0.2) is 47.4 Å². The first-order chi connectivity index (χ1) is 10.5. The molecule has 0 unspecified atom stereocenters. The summed E-state index contributed by atoms with van der Waals surface area (Å²) in [6.45, 7) is 2.01. The van der Waals surface area contributed by atoms with Gasteiger partial charge >= 0.3 is 5.97 Å². The Morgan fingerprint density at radius 1 is 1.23 bits per heavy atom. The van der Waals surface area contributed by atoms with E-state index in [0.29, 0.717) is 12.8 Å². The lowest BCUT2D eigenvalue weighted by molar-refractivity contribution is -0.143. The van der Waals surface area contributed by atoms with Gasteiger partial charge in [-0.25, -0.2) is 8.42 Å². The predicted molar refractivity (Wildman–Crippen MR) is 83.0 cm³/mol. The van der Waals surface area contributed by atoms with Crippen molar-refractivity contribution in [3.8, 4) is 0 Å². The second-order valence-electron chi connectivity index (χ2n) is 5.96. The van der Waals surface area contributed by atoms with E-state index in [9.17, 15) is 13.2 Å². The molecule has 3 rings (SSSR count). The van der Waals surface area contributed by atoms with E-state index in [1.165, 1.54) is 0 Å². The molecule has 1 aliphatic heterocycles. The Kier molecular flexibility index (Phi) is 3.85. The Hall–Kier alpha value is -1.62. The van der Waals surface area contributed by atoms with Gasteiger partial charge < -0.3 is 4.74 Å². The van der Waals surface area contributed by atoms with E-state index >= 15 is 0 Å². The van der Waals surface area contributed by atoms with Crippen LogP contribution < -0.4 is 0 Å². The molecule has 2 aliphatic rings. The summed E-state index contributed by atoms with van der Waals surface area (Å²) in [5, 5.41) is 0. The molecule has 0 amide bonds. The minimum absolute atomic E-state index is 0.199. The number of esters is 1. The van der Waals surface area contributed by atoms with Crippen molar-refractivity contribution in [2.45, 2.75) is 48.4 Å². The molecule has 0 N–H and O–H groups in total. The Morgan fingerprint density at radius 3 is 2.64 bits per heavy atom. The molecule has 118 valence electrons. The molecule has 1 fully saturated rings. The quantitative estimate of drug-likeness (QED) is 0.632. The SMILES string of the molecule is CCC[C@H]1OC(=O)[C@]2(S(=O)(=O)c3ccccc3)CC=CC[C@H]12. The van der Waals surface area contributed by atoms with Crippen molar-refractivity contribution in [2.24, 2.45) is 5.92 Å². The molecular formula is C17H20O4S. The first-order valence-electron chi connectivity index (χ1n) is 7.70. The zero-order chi connectivity index (χ0) is 15.8. The lowest BCUT2D eigenvalue weighted by atomic mass is 9.80. The van der Waals surface area contributed by atoms with Crippen LogP contribution >= 0.6 is 0 Å². The zero-order valence-electron chi connectivity index (χ0n) is 12.6. The van der Waals surface area contributed by atoms with Gasteiger partial charge in [0.05, 0.1) is 4.90 Å². The fourth-order valence-corrected chi connectivity index (χ4v) is 5.79. The standard InChI is InChI=1S/C17H20O4S/c1-2-8-15-14-11-6-7-12-17(14,16(18)21-15)22(19,20)13-9-4-3-5-10-13/h3-7,9-10,14-15H,2,8,11-12H2,1H3/t14-,15-,17+/m1/s1. The lowest BCUT2D eigenvalue weighted by Gasteiger charge is -2.33. The highest BCUT2D eigenvalue weighted by Crippen LogP contribution is 2.49. The van der Waals surface area contributed by atoms with E-state index in [2.05, 4.69) is 0 Å². The number of allylic oxidation sites excluding steroid dienone is 2. The lowest BCUT2D eigenvalue weighted by Crippen LogP contribution is -2.50. The van der Waals surface area contributed by atoms with Crippen LogP contribution in [-0.2, 0) is 19.4 Å². The first kappa shape index (κ1) is 15.3. The van der Waals surface area contributed by atoms with Crippen LogP contribution in [0.3, 0.4) is 0 Å². The second-order valence-corrected chi connectivity index (χ2v) is 8.16. The number of carbonyl (C=O) groups excluding carboxylic acids is 1. The average Bonchev–Trinajstić information content (AvgIpc) is 2.83. The molecular weight excluding hydrogens is 300 g/mol. The van der Waals surface area contributed by atoms with Gasteiger partial charge in [-0.2, -0.15) is 0 Å². The molecule has 0 radical (unpaired) electrons. The number of ether oxygens (including phenoxy) is 1. The molecule has 1 heterocycles. The van der Waals surface area contributed by atoms with Crippen LogP contribution in [0, 0.1) is 5.92 Å². The van der Waals surface area contributed by atoms with Gasteiger partial charge in [-0.3, -0.25) is 4.79 Å². The van der Waals surface area contributed by atoms with E-state index in [-0.39, 0.29) is 23.3 Å². The maximum Gasteiger partial charge on any atom is 0.328 e. The van der Waals surface area contributed by atoms with Crippen LogP contribution in [-0.4, -0.2) is 25.2 Å². The topological polar surface area (TPSA) is 60.4 Å². The van der Waals surface area contributed by atoms with Crippen molar-refractivity contribution in [3.05, 3.63) is 42.5 Å². The second kappa shape index (κ2) is 5.54. The maximum atomic E-state index is 13.2. The summed E-state index contributed by atoms with van der Waals surface area (Å²) in [4.78, 5) is 12.8. The van der Waals surface area contributed by atoms with Crippen molar-refractivity contribution < 1.29 is 17.9 Å². The number of sulfone groups is 1. The summed E-state index contributed by atoms with van der Waals surface area (Å²) < 4.78 is 30.5. The van der Waals surface area contributed by atoms with E-state index in [4.69, 9.17) is 4.74 Å². The molecule has 1 aliphatic carbocycles. The Bertz CT molecular complexity index is 693. The zero-order valence-corrected chi connectivity index (χ0v) is 13.4. The van der Waals surface area contributed by atoms with E-state index in [1.54, 1.807) is 36.4 Å². The maximum absolute atomic E-state index is 13.2. The summed E-state index contributed by atoms with van der Waals surface area (Å²) >= 11 is 0. The summed E-state index contributed by atoms with van der Waals surface area (Å²) in [6, 6.07) is 8.24. The van der Waals surface area contributed by atoms with Gasteiger partial charge in [0.2, 0.25) is 0 Å². The van der Waals surface area contributed by atoms with Crippen LogP contribution in [0.5, 0.6) is 0 Å². The van der Waals surface area contributed by atoms with Gasteiger partial charge in [0, 0.05) is 5.92 Å². The van der Waals surface area contributed by atoms with Gasteiger partial charge in [0.1, 0.15) is 6.10 Å². The van der Waals surface area contributed by atoms with Crippen LogP contribution in [0.4, 0.5) is 0 Å². The van der Waals surface area contributed by atoms with Gasteiger partial charge in [0.15, 0.2) is 14.6 Å². The Morgan fingerprint density at radius 2 is 1.95 bits per heavy atom. The number of benzene rings is 1. The Labute approximate surface area is 131 Å². The van der Waals surface area contributed by atoms with Gasteiger partial charge in [-0.05, 0) is 31.4 Å². The average molecular weight is 320 g/mol. The number of rotatable bonds is 4. The largest absolute Gasteiger partial charge is 0.461 e. The molecule has 0 saturated carbocycles. The van der Waals surface area contributed by atoms with Gasteiger partial charge in [-0.15, -0.1) is 0 Å². The van der Waals surface area contributed by atoms with Crippen LogP contribution in [0.1, 0.15) is 32.6 Å². The number of cyclic esters (lactones) is 1. The van der Waals surface area contributed by atoms with Crippen molar-refractivity contribution in [1.29, 1.82) is 0 Å². The van der Waals surface area contributed by atoms with E-state index in [1.807, 2.05) is 13.0 Å². The summed E-state index contributed by atoms with van der Waals surface area (Å²) in [5.74, 6) is -0.876. The Balaban J connectivity index is 2.13. The molecule has 1 aromatic carbocycles. The summed E-state index contributed by atoms with van der Waals surface area (Å²) in [6.07, 6.45) is 5.80. The third-order valence-corrected chi connectivity index (χ3v) is 7.22. The molecule has 1 saturated heterocycles. The number of hydrogen-bond acceptors (Lipinski definition) is 4. The summed E-state index contributed by atoms with van der Waals surface area (Å²) in [7, 11) is -3.79. The third-order valence-electron chi connectivity index (χ3n) is 4.74. The molecule has 1 aromatic rings. The van der Waals surface area contributed by atoms with Crippen LogP contribution in [0.2, 0.25) is 0 Å². The van der Waals surface area contributed by atoms with Crippen molar-refractivity contribution >= 4 is 15.8 Å². The summed E-state index contributed by atoms with van der Waals surface area (Å²) in [5.41, 5.74) is 0. The molecule has 0 aromatic heterocycles. The normalized spacial score (nSPS) is 30.9. The van der Waals surface area contributed by atoms with Crippen LogP contribution in [0.25, 0.3) is 0 Å². The minimum Gasteiger partial charge on any atom is -0.461 e.